The van der Waals surface area contributed by atoms with Gasteiger partial charge in [0.25, 0.3) is 0 Å². The van der Waals surface area contributed by atoms with Crippen LogP contribution in [0.2, 0.25) is 0 Å². The maximum atomic E-state index is 11.6. The molecule has 5 heteroatoms. The van der Waals surface area contributed by atoms with Gasteiger partial charge in [-0.2, -0.15) is 0 Å². The predicted octanol–water partition coefficient (Wildman–Crippen LogP) is 1.75. The zero-order chi connectivity index (χ0) is 12.8. The van der Waals surface area contributed by atoms with Crippen molar-refractivity contribution >= 4 is 11.7 Å². The molecule has 2 aromatic rings. The van der Waals surface area contributed by atoms with Crippen LogP contribution in [0.25, 0.3) is 0 Å². The number of carbonyl (C=O) groups excluding carboxylic acids is 1. The van der Waals surface area contributed by atoms with E-state index in [4.69, 9.17) is 0 Å². The first-order chi connectivity index (χ1) is 8.75. The van der Waals surface area contributed by atoms with Gasteiger partial charge >= 0.3 is 0 Å². The Morgan fingerprint density at radius 1 is 1.17 bits per heavy atom. The molecule has 2 aromatic heterocycles. The van der Waals surface area contributed by atoms with Crippen molar-refractivity contribution in [3.05, 3.63) is 48.4 Å². The second-order valence-corrected chi connectivity index (χ2v) is 3.74. The molecule has 0 aliphatic carbocycles. The number of aromatic nitrogens is 2. The van der Waals surface area contributed by atoms with Gasteiger partial charge in [-0.05, 0) is 30.7 Å². The van der Waals surface area contributed by atoms with E-state index < -0.39 is 0 Å². The number of rotatable bonds is 4. The summed E-state index contributed by atoms with van der Waals surface area (Å²) in [6.45, 7) is 0. The van der Waals surface area contributed by atoms with Crippen LogP contribution in [0.5, 0.6) is 5.75 Å². The summed E-state index contributed by atoms with van der Waals surface area (Å²) in [6.07, 6.45) is 4.05. The molecule has 2 rings (SSSR count). The van der Waals surface area contributed by atoms with Gasteiger partial charge < -0.3 is 10.4 Å². The first-order valence-corrected chi connectivity index (χ1v) is 5.59. The van der Waals surface area contributed by atoms with Crippen molar-refractivity contribution in [2.24, 2.45) is 0 Å². The van der Waals surface area contributed by atoms with E-state index in [0.717, 1.165) is 5.69 Å². The van der Waals surface area contributed by atoms with Crippen LogP contribution in [0.4, 0.5) is 5.82 Å². The fourth-order valence-corrected chi connectivity index (χ4v) is 1.48. The standard InChI is InChI=1S/C13H13N3O2/c17-11-5-3-9-15-13(11)16-12(18)7-6-10-4-1-2-8-14-10/h1-5,8-9,17H,6-7H2,(H,15,16,18). The van der Waals surface area contributed by atoms with Crippen LogP contribution in [-0.2, 0) is 11.2 Å². The molecule has 0 unspecified atom stereocenters. The number of aryl methyl sites for hydroxylation is 1. The molecular weight excluding hydrogens is 230 g/mol. The summed E-state index contributed by atoms with van der Waals surface area (Å²) in [5, 5.41) is 12.0. The summed E-state index contributed by atoms with van der Waals surface area (Å²) in [4.78, 5) is 19.7. The smallest absolute Gasteiger partial charge is 0.226 e. The first-order valence-electron chi connectivity index (χ1n) is 5.59. The number of carbonyl (C=O) groups is 1. The van der Waals surface area contributed by atoms with Crippen LogP contribution in [0.1, 0.15) is 12.1 Å². The highest BCUT2D eigenvalue weighted by atomic mass is 16.3. The molecule has 0 spiro atoms. The Labute approximate surface area is 105 Å². The first kappa shape index (κ1) is 12.0. The van der Waals surface area contributed by atoms with E-state index in [0.29, 0.717) is 12.8 Å². The predicted molar refractivity (Wildman–Crippen MR) is 67.1 cm³/mol. The van der Waals surface area contributed by atoms with E-state index in [1.165, 1.54) is 12.3 Å². The Balaban J connectivity index is 1.88. The van der Waals surface area contributed by atoms with E-state index in [-0.39, 0.29) is 17.5 Å². The maximum Gasteiger partial charge on any atom is 0.226 e. The number of nitrogens with zero attached hydrogens (tertiary/aromatic N) is 2. The second-order valence-electron chi connectivity index (χ2n) is 3.74. The number of amides is 1. The molecule has 0 radical (unpaired) electrons. The van der Waals surface area contributed by atoms with Crippen molar-refractivity contribution in [1.82, 2.24) is 9.97 Å². The van der Waals surface area contributed by atoms with E-state index in [1.807, 2.05) is 18.2 Å². The minimum atomic E-state index is -0.199. The fraction of sp³-hybridized carbons (Fsp3) is 0.154. The van der Waals surface area contributed by atoms with Gasteiger partial charge in [0.15, 0.2) is 11.6 Å². The van der Waals surface area contributed by atoms with Crippen molar-refractivity contribution in [1.29, 1.82) is 0 Å². The lowest BCUT2D eigenvalue weighted by Crippen LogP contribution is -2.13. The molecule has 0 atom stereocenters. The van der Waals surface area contributed by atoms with Gasteiger partial charge in [0.2, 0.25) is 5.91 Å². The molecule has 18 heavy (non-hydrogen) atoms. The number of hydrogen-bond donors (Lipinski definition) is 2. The number of aromatic hydroxyl groups is 1. The molecule has 0 bridgehead atoms. The summed E-state index contributed by atoms with van der Waals surface area (Å²) >= 11 is 0. The second kappa shape index (κ2) is 5.77. The molecule has 0 aromatic carbocycles. The van der Waals surface area contributed by atoms with Gasteiger partial charge in [0.05, 0.1) is 0 Å². The summed E-state index contributed by atoms with van der Waals surface area (Å²) in [7, 11) is 0. The van der Waals surface area contributed by atoms with E-state index >= 15 is 0 Å². The zero-order valence-electron chi connectivity index (χ0n) is 9.71. The Morgan fingerprint density at radius 3 is 2.72 bits per heavy atom. The summed E-state index contributed by atoms with van der Waals surface area (Å²) in [6, 6.07) is 8.64. The topological polar surface area (TPSA) is 75.1 Å². The third-order valence-electron chi connectivity index (χ3n) is 2.38. The lowest BCUT2D eigenvalue weighted by Gasteiger charge is -2.05. The lowest BCUT2D eigenvalue weighted by molar-refractivity contribution is -0.116. The van der Waals surface area contributed by atoms with Crippen LogP contribution in [0.15, 0.2) is 42.7 Å². The van der Waals surface area contributed by atoms with E-state index in [9.17, 15) is 9.90 Å². The highest BCUT2D eigenvalue weighted by Crippen LogP contribution is 2.18. The Hall–Kier alpha value is -2.43. The molecule has 0 saturated carbocycles. The van der Waals surface area contributed by atoms with Crippen LogP contribution in [0.3, 0.4) is 0 Å². The van der Waals surface area contributed by atoms with Crippen molar-refractivity contribution in [3.8, 4) is 5.75 Å². The van der Waals surface area contributed by atoms with Crippen molar-refractivity contribution in [3.63, 3.8) is 0 Å². The van der Waals surface area contributed by atoms with Crippen LogP contribution < -0.4 is 5.32 Å². The normalized spacial score (nSPS) is 10.0. The maximum absolute atomic E-state index is 11.6. The molecule has 0 aliphatic rings. The third kappa shape index (κ3) is 3.28. The fourth-order valence-electron chi connectivity index (χ4n) is 1.48. The Morgan fingerprint density at radius 2 is 2.00 bits per heavy atom. The molecular formula is C13H13N3O2. The minimum Gasteiger partial charge on any atom is -0.504 e. The Bertz CT molecular complexity index is 529. The van der Waals surface area contributed by atoms with Crippen molar-refractivity contribution in [2.75, 3.05) is 5.32 Å². The van der Waals surface area contributed by atoms with Gasteiger partial charge in [0.1, 0.15) is 0 Å². The zero-order valence-corrected chi connectivity index (χ0v) is 9.71. The van der Waals surface area contributed by atoms with Gasteiger partial charge in [-0.25, -0.2) is 4.98 Å². The molecule has 1 amide bonds. The largest absolute Gasteiger partial charge is 0.504 e. The minimum absolute atomic E-state index is 0.0383. The molecule has 0 saturated heterocycles. The summed E-state index contributed by atoms with van der Waals surface area (Å²) in [5.74, 6) is -0.0538. The monoisotopic (exact) mass is 243 g/mol. The number of anilines is 1. The average Bonchev–Trinajstić information content (AvgIpc) is 2.40. The highest BCUT2D eigenvalue weighted by molar-refractivity contribution is 5.91. The summed E-state index contributed by atoms with van der Waals surface area (Å²) in [5.41, 5.74) is 0.859. The summed E-state index contributed by atoms with van der Waals surface area (Å²) < 4.78 is 0. The Kier molecular flexibility index (Phi) is 3.86. The van der Waals surface area contributed by atoms with E-state index in [2.05, 4.69) is 15.3 Å². The number of hydrogen-bond acceptors (Lipinski definition) is 4. The molecule has 2 N–H and O–H groups in total. The van der Waals surface area contributed by atoms with Crippen molar-refractivity contribution in [2.45, 2.75) is 12.8 Å². The highest BCUT2D eigenvalue weighted by Gasteiger charge is 2.07. The number of pyridine rings is 2. The van der Waals surface area contributed by atoms with Gasteiger partial charge in [0, 0.05) is 24.5 Å². The molecule has 0 fully saturated rings. The van der Waals surface area contributed by atoms with Crippen molar-refractivity contribution < 1.29 is 9.90 Å². The SMILES string of the molecule is O=C(CCc1ccccn1)Nc1ncccc1O. The van der Waals surface area contributed by atoms with E-state index in [1.54, 1.807) is 12.3 Å². The van der Waals surface area contributed by atoms with Crippen LogP contribution in [0, 0.1) is 0 Å². The lowest BCUT2D eigenvalue weighted by atomic mass is 10.2. The average molecular weight is 243 g/mol. The molecule has 92 valence electrons. The molecule has 0 aliphatic heterocycles. The quantitative estimate of drug-likeness (QED) is 0.857. The van der Waals surface area contributed by atoms with Gasteiger partial charge in [-0.3, -0.25) is 9.78 Å². The third-order valence-corrected chi connectivity index (χ3v) is 2.38. The van der Waals surface area contributed by atoms with Crippen LogP contribution in [-0.4, -0.2) is 21.0 Å². The van der Waals surface area contributed by atoms with Gasteiger partial charge in [-0.1, -0.05) is 6.07 Å². The number of nitrogens with one attached hydrogen (secondary N) is 1. The van der Waals surface area contributed by atoms with Gasteiger partial charge in [-0.15, -0.1) is 0 Å². The molecule has 2 heterocycles. The van der Waals surface area contributed by atoms with Crippen LogP contribution >= 0.6 is 0 Å². The molecule has 5 nitrogen and oxygen atoms in total.